The number of anilines is 2. The van der Waals surface area contributed by atoms with Crippen molar-refractivity contribution in [3.05, 3.63) is 53.3 Å². The van der Waals surface area contributed by atoms with Crippen LogP contribution < -0.4 is 15.0 Å². The Hall–Kier alpha value is -3.39. The molecule has 0 bridgehead atoms. The summed E-state index contributed by atoms with van der Waals surface area (Å²) >= 11 is 6.12. The number of aromatic nitrogens is 3. The molecule has 2 aromatic carbocycles. The van der Waals surface area contributed by atoms with Crippen LogP contribution in [0.15, 0.2) is 42.5 Å². The van der Waals surface area contributed by atoms with Crippen LogP contribution in [0.5, 0.6) is 5.75 Å². The van der Waals surface area contributed by atoms with Crippen molar-refractivity contribution < 1.29 is 14.3 Å². The fourth-order valence-electron chi connectivity index (χ4n) is 4.64. The number of carbonyl (C=O) groups is 2. The summed E-state index contributed by atoms with van der Waals surface area (Å²) in [6.07, 6.45) is 4.57. The zero-order valence-corrected chi connectivity index (χ0v) is 19.7. The summed E-state index contributed by atoms with van der Waals surface area (Å²) in [6, 6.07) is 12.7. The van der Waals surface area contributed by atoms with Crippen molar-refractivity contribution in [2.45, 2.75) is 38.6 Å². The van der Waals surface area contributed by atoms with Crippen molar-refractivity contribution in [2.24, 2.45) is 5.92 Å². The summed E-state index contributed by atoms with van der Waals surface area (Å²) in [5.41, 5.74) is 2.22. The van der Waals surface area contributed by atoms with Crippen LogP contribution >= 0.6 is 11.6 Å². The fourth-order valence-corrected chi connectivity index (χ4v) is 4.80. The largest absolute Gasteiger partial charge is 0.495 e. The molecule has 1 saturated heterocycles. The van der Waals surface area contributed by atoms with E-state index in [2.05, 4.69) is 20.1 Å². The van der Waals surface area contributed by atoms with E-state index < -0.39 is 5.92 Å². The summed E-state index contributed by atoms with van der Waals surface area (Å²) in [6.45, 7) is 1.20. The van der Waals surface area contributed by atoms with E-state index in [0.29, 0.717) is 22.1 Å². The number of fused-ring (bicyclic) bond motifs is 1. The van der Waals surface area contributed by atoms with Crippen molar-refractivity contribution in [3.63, 3.8) is 0 Å². The summed E-state index contributed by atoms with van der Waals surface area (Å²) in [4.78, 5) is 27.2. The van der Waals surface area contributed by atoms with Gasteiger partial charge in [-0.1, -0.05) is 18.0 Å². The Bertz CT molecular complexity index is 1220. The highest BCUT2D eigenvalue weighted by Gasteiger charge is 2.36. The van der Waals surface area contributed by atoms with Gasteiger partial charge < -0.3 is 19.5 Å². The Morgan fingerprint density at radius 3 is 2.74 bits per heavy atom. The highest BCUT2D eigenvalue weighted by molar-refractivity contribution is 6.31. The van der Waals surface area contributed by atoms with Gasteiger partial charge in [-0.15, -0.1) is 10.2 Å². The van der Waals surface area contributed by atoms with Gasteiger partial charge in [-0.2, -0.15) is 0 Å². The van der Waals surface area contributed by atoms with Gasteiger partial charge in [0.1, 0.15) is 11.6 Å². The molecule has 3 heterocycles. The number of benzene rings is 2. The number of carbonyl (C=O) groups excluding carboxylic acids is 2. The maximum Gasteiger partial charge on any atom is 0.229 e. The summed E-state index contributed by atoms with van der Waals surface area (Å²) in [7, 11) is 1.54. The molecule has 2 aliphatic heterocycles. The second-order valence-corrected chi connectivity index (χ2v) is 9.13. The van der Waals surface area contributed by atoms with Crippen LogP contribution in [0.25, 0.3) is 11.4 Å². The van der Waals surface area contributed by atoms with Gasteiger partial charge in [0.05, 0.1) is 18.7 Å². The van der Waals surface area contributed by atoms with E-state index >= 15 is 0 Å². The lowest BCUT2D eigenvalue weighted by atomic mass is 10.1. The molecular weight excluding hydrogens is 454 g/mol. The van der Waals surface area contributed by atoms with Crippen molar-refractivity contribution in [2.75, 3.05) is 23.9 Å². The Morgan fingerprint density at radius 1 is 1.12 bits per heavy atom. The molecule has 1 fully saturated rings. The first-order valence-electron chi connectivity index (χ1n) is 11.5. The van der Waals surface area contributed by atoms with Gasteiger partial charge in [0.15, 0.2) is 5.82 Å². The van der Waals surface area contributed by atoms with E-state index in [1.54, 1.807) is 23.1 Å². The lowest BCUT2D eigenvalue weighted by Gasteiger charge is -2.20. The zero-order valence-electron chi connectivity index (χ0n) is 19.0. The Balaban J connectivity index is 1.27. The minimum absolute atomic E-state index is 0.130. The standard InChI is InChI=1S/C25H26ClN5O3/c1-34-21-11-8-18(26)14-20(21)31-15-17(13-23(31)32)25(33)27-19-9-6-16(7-10-19)24-29-28-22-5-3-2-4-12-30(22)24/h6-11,14,17H,2-5,12-13,15H2,1H3,(H,27,33)/t17-/m1/s1. The lowest BCUT2D eigenvalue weighted by Crippen LogP contribution is -2.28. The van der Waals surface area contributed by atoms with Crippen molar-refractivity contribution in [3.8, 4) is 17.1 Å². The molecule has 3 aromatic rings. The smallest absolute Gasteiger partial charge is 0.229 e. The normalized spacial score (nSPS) is 17.9. The average Bonchev–Trinajstić information content (AvgIpc) is 3.35. The molecule has 2 amide bonds. The Morgan fingerprint density at radius 2 is 1.94 bits per heavy atom. The number of rotatable bonds is 5. The van der Waals surface area contributed by atoms with E-state index in [-0.39, 0.29) is 24.8 Å². The predicted octanol–water partition coefficient (Wildman–Crippen LogP) is 4.33. The molecule has 0 radical (unpaired) electrons. The van der Waals surface area contributed by atoms with Crippen LogP contribution in [0.3, 0.4) is 0 Å². The third-order valence-corrected chi connectivity index (χ3v) is 6.68. The number of aryl methyl sites for hydroxylation is 1. The van der Waals surface area contributed by atoms with E-state index in [9.17, 15) is 9.59 Å². The second-order valence-electron chi connectivity index (χ2n) is 8.69. The van der Waals surface area contributed by atoms with E-state index in [4.69, 9.17) is 16.3 Å². The molecule has 1 N–H and O–H groups in total. The number of nitrogens with zero attached hydrogens (tertiary/aromatic N) is 4. The van der Waals surface area contributed by atoms with Gasteiger partial charge >= 0.3 is 0 Å². The number of halogens is 1. The molecule has 0 spiro atoms. The van der Waals surface area contributed by atoms with Gasteiger partial charge in [-0.05, 0) is 55.3 Å². The molecular formula is C25H26ClN5O3. The predicted molar refractivity (Wildman–Crippen MR) is 130 cm³/mol. The van der Waals surface area contributed by atoms with E-state index in [0.717, 1.165) is 43.0 Å². The van der Waals surface area contributed by atoms with Crippen LogP contribution in [0.2, 0.25) is 5.02 Å². The summed E-state index contributed by atoms with van der Waals surface area (Å²) in [5, 5.41) is 12.2. The number of amides is 2. The topological polar surface area (TPSA) is 89.3 Å². The van der Waals surface area contributed by atoms with Gasteiger partial charge in [0.2, 0.25) is 11.8 Å². The summed E-state index contributed by atoms with van der Waals surface area (Å²) < 4.78 is 7.57. The summed E-state index contributed by atoms with van der Waals surface area (Å²) in [5.74, 6) is 1.65. The SMILES string of the molecule is COc1ccc(Cl)cc1N1C[C@H](C(=O)Nc2ccc(-c3nnc4n3CCCCC4)cc2)CC1=O. The highest BCUT2D eigenvalue weighted by Crippen LogP contribution is 2.35. The highest BCUT2D eigenvalue weighted by atomic mass is 35.5. The lowest BCUT2D eigenvalue weighted by molar-refractivity contribution is -0.122. The molecule has 8 nitrogen and oxygen atoms in total. The van der Waals surface area contributed by atoms with Gasteiger partial charge in [0, 0.05) is 42.2 Å². The first-order valence-corrected chi connectivity index (χ1v) is 11.9. The maximum absolute atomic E-state index is 12.9. The fraction of sp³-hybridized carbons (Fsp3) is 0.360. The first kappa shape index (κ1) is 22.4. The molecule has 0 aliphatic carbocycles. The quantitative estimate of drug-likeness (QED) is 0.588. The van der Waals surface area contributed by atoms with Gasteiger partial charge in [0.25, 0.3) is 0 Å². The van der Waals surface area contributed by atoms with Crippen molar-refractivity contribution >= 4 is 34.8 Å². The molecule has 5 rings (SSSR count). The third-order valence-electron chi connectivity index (χ3n) is 6.45. The van der Waals surface area contributed by atoms with E-state index in [1.165, 1.54) is 13.5 Å². The zero-order chi connectivity index (χ0) is 23.7. The van der Waals surface area contributed by atoms with Crippen LogP contribution in [-0.4, -0.2) is 40.2 Å². The minimum atomic E-state index is -0.469. The number of hydrogen-bond donors (Lipinski definition) is 1. The first-order chi connectivity index (χ1) is 16.5. The molecule has 9 heteroatoms. The minimum Gasteiger partial charge on any atom is -0.495 e. The Labute approximate surface area is 202 Å². The number of ether oxygens (including phenoxy) is 1. The van der Waals surface area contributed by atoms with Gasteiger partial charge in [-0.25, -0.2) is 0 Å². The van der Waals surface area contributed by atoms with Crippen LogP contribution in [0, 0.1) is 5.92 Å². The molecule has 1 atom stereocenters. The van der Waals surface area contributed by atoms with Crippen LogP contribution in [0.1, 0.15) is 31.5 Å². The van der Waals surface area contributed by atoms with Crippen LogP contribution in [0.4, 0.5) is 11.4 Å². The van der Waals surface area contributed by atoms with E-state index in [1.807, 2.05) is 24.3 Å². The van der Waals surface area contributed by atoms with Crippen LogP contribution in [-0.2, 0) is 22.6 Å². The number of methoxy groups -OCH3 is 1. The van der Waals surface area contributed by atoms with Crippen molar-refractivity contribution in [1.29, 1.82) is 0 Å². The molecule has 0 unspecified atom stereocenters. The molecule has 34 heavy (non-hydrogen) atoms. The number of nitrogens with one attached hydrogen (secondary N) is 1. The average molecular weight is 480 g/mol. The molecule has 1 aromatic heterocycles. The van der Waals surface area contributed by atoms with Gasteiger partial charge in [-0.3, -0.25) is 9.59 Å². The second kappa shape index (κ2) is 9.46. The molecule has 176 valence electrons. The number of hydrogen-bond acceptors (Lipinski definition) is 5. The van der Waals surface area contributed by atoms with Crippen molar-refractivity contribution in [1.82, 2.24) is 14.8 Å². The monoisotopic (exact) mass is 479 g/mol. The molecule has 0 saturated carbocycles. The maximum atomic E-state index is 12.9. The molecule has 2 aliphatic rings. The third kappa shape index (κ3) is 4.37. The Kier molecular flexibility index (Phi) is 6.24.